The van der Waals surface area contributed by atoms with Crippen molar-refractivity contribution in [3.8, 4) is 0 Å². The molecule has 0 aliphatic carbocycles. The molecule has 0 radical (unpaired) electrons. The highest BCUT2D eigenvalue weighted by Crippen LogP contribution is 2.41. The summed E-state index contributed by atoms with van der Waals surface area (Å²) in [6.07, 6.45) is 0.667. The summed E-state index contributed by atoms with van der Waals surface area (Å²) in [5.74, 6) is -0.664. The van der Waals surface area contributed by atoms with Gasteiger partial charge in [-0.1, -0.05) is 18.2 Å². The third kappa shape index (κ3) is 3.43. The Bertz CT molecular complexity index is 1030. The van der Waals surface area contributed by atoms with Crippen LogP contribution in [-0.2, 0) is 22.5 Å². The first-order valence-electron chi connectivity index (χ1n) is 9.13. The van der Waals surface area contributed by atoms with Crippen LogP contribution in [0.25, 0.3) is 11.0 Å². The number of carbonyl (C=O) groups is 2. The van der Waals surface area contributed by atoms with Crippen LogP contribution in [0.3, 0.4) is 0 Å². The van der Waals surface area contributed by atoms with Crippen LogP contribution in [0.15, 0.2) is 34.7 Å². The van der Waals surface area contributed by atoms with E-state index in [0.29, 0.717) is 29.2 Å². The SMILES string of the molecule is CCOC(=O)c1c(NC(=O)c2cc3ccccc3o2)sc2c1COC(C)(C)C2. The molecule has 146 valence electrons. The summed E-state index contributed by atoms with van der Waals surface area (Å²) in [5.41, 5.74) is 1.49. The van der Waals surface area contributed by atoms with E-state index in [4.69, 9.17) is 13.9 Å². The summed E-state index contributed by atoms with van der Waals surface area (Å²) in [6.45, 7) is 6.34. The van der Waals surface area contributed by atoms with E-state index in [9.17, 15) is 9.59 Å². The minimum absolute atomic E-state index is 0.193. The quantitative estimate of drug-likeness (QED) is 0.639. The number of fused-ring (bicyclic) bond motifs is 2. The number of carbonyl (C=O) groups excluding carboxylic acids is 2. The molecule has 1 N–H and O–H groups in total. The second-order valence-corrected chi connectivity index (χ2v) is 8.36. The lowest BCUT2D eigenvalue weighted by atomic mass is 9.96. The van der Waals surface area contributed by atoms with E-state index in [2.05, 4.69) is 5.32 Å². The number of benzene rings is 1. The molecule has 3 heterocycles. The van der Waals surface area contributed by atoms with Crippen molar-refractivity contribution in [3.63, 3.8) is 0 Å². The number of anilines is 1. The largest absolute Gasteiger partial charge is 0.462 e. The second-order valence-electron chi connectivity index (χ2n) is 7.26. The first kappa shape index (κ1) is 18.7. The lowest BCUT2D eigenvalue weighted by Crippen LogP contribution is -2.31. The van der Waals surface area contributed by atoms with Gasteiger partial charge >= 0.3 is 5.97 Å². The molecule has 28 heavy (non-hydrogen) atoms. The van der Waals surface area contributed by atoms with Crippen LogP contribution < -0.4 is 5.32 Å². The molecule has 0 bridgehead atoms. The van der Waals surface area contributed by atoms with Crippen molar-refractivity contribution < 1.29 is 23.5 Å². The van der Waals surface area contributed by atoms with E-state index in [1.165, 1.54) is 11.3 Å². The Balaban J connectivity index is 1.69. The smallest absolute Gasteiger partial charge is 0.341 e. The maximum Gasteiger partial charge on any atom is 0.341 e. The molecular weight excluding hydrogens is 378 g/mol. The van der Waals surface area contributed by atoms with Crippen molar-refractivity contribution in [2.75, 3.05) is 11.9 Å². The van der Waals surface area contributed by atoms with Gasteiger partial charge in [0.25, 0.3) is 5.91 Å². The van der Waals surface area contributed by atoms with E-state index in [1.54, 1.807) is 19.1 Å². The zero-order valence-electron chi connectivity index (χ0n) is 16.0. The normalized spacial score (nSPS) is 15.2. The number of para-hydroxylation sites is 1. The number of rotatable bonds is 4. The van der Waals surface area contributed by atoms with Gasteiger partial charge < -0.3 is 19.2 Å². The number of furan rings is 1. The number of hydrogen-bond acceptors (Lipinski definition) is 6. The zero-order valence-corrected chi connectivity index (χ0v) is 16.8. The maximum absolute atomic E-state index is 12.8. The van der Waals surface area contributed by atoms with Gasteiger partial charge in [-0.25, -0.2) is 4.79 Å². The van der Waals surface area contributed by atoms with Crippen molar-refractivity contribution in [1.82, 2.24) is 0 Å². The standard InChI is InChI=1S/C21H21NO5S/c1-4-25-20(24)17-13-11-26-21(2,3)10-16(13)28-19(17)22-18(23)15-9-12-7-5-6-8-14(12)27-15/h5-9H,4,10-11H2,1-3H3,(H,22,23). The lowest BCUT2D eigenvalue weighted by molar-refractivity contribution is -0.0393. The van der Waals surface area contributed by atoms with Crippen molar-refractivity contribution in [1.29, 1.82) is 0 Å². The average Bonchev–Trinajstić information content (AvgIpc) is 3.21. The van der Waals surface area contributed by atoms with E-state index in [0.717, 1.165) is 15.8 Å². The van der Waals surface area contributed by atoms with Crippen molar-refractivity contribution in [2.24, 2.45) is 0 Å². The van der Waals surface area contributed by atoms with Gasteiger partial charge in [0.1, 0.15) is 16.1 Å². The van der Waals surface area contributed by atoms with Gasteiger partial charge in [-0.15, -0.1) is 11.3 Å². The molecule has 6 nitrogen and oxygen atoms in total. The third-order valence-electron chi connectivity index (χ3n) is 4.64. The minimum atomic E-state index is -0.455. The van der Waals surface area contributed by atoms with Gasteiger partial charge in [-0.05, 0) is 32.9 Å². The lowest BCUT2D eigenvalue weighted by Gasteiger charge is -2.30. The van der Waals surface area contributed by atoms with E-state index < -0.39 is 11.9 Å². The van der Waals surface area contributed by atoms with Crippen LogP contribution in [0, 0.1) is 0 Å². The highest BCUT2D eigenvalue weighted by Gasteiger charge is 2.34. The third-order valence-corrected chi connectivity index (χ3v) is 5.79. The molecule has 1 aliphatic rings. The summed E-state index contributed by atoms with van der Waals surface area (Å²) in [7, 11) is 0. The molecule has 4 rings (SSSR count). The van der Waals surface area contributed by atoms with E-state index in [-0.39, 0.29) is 18.0 Å². The molecule has 1 aromatic carbocycles. The average molecular weight is 399 g/mol. The van der Waals surface area contributed by atoms with Crippen molar-refractivity contribution in [2.45, 2.75) is 39.4 Å². The molecule has 1 amide bonds. The molecule has 0 saturated heterocycles. The number of thiophene rings is 1. The van der Waals surface area contributed by atoms with Gasteiger partial charge in [-0.2, -0.15) is 0 Å². The van der Waals surface area contributed by atoms with Crippen LogP contribution in [0.5, 0.6) is 0 Å². The Morgan fingerprint density at radius 2 is 2.07 bits per heavy atom. The molecule has 0 unspecified atom stereocenters. The summed E-state index contributed by atoms with van der Waals surface area (Å²) in [6, 6.07) is 9.10. The zero-order chi connectivity index (χ0) is 19.9. The number of ether oxygens (including phenoxy) is 2. The Morgan fingerprint density at radius 3 is 2.82 bits per heavy atom. The van der Waals surface area contributed by atoms with Gasteiger partial charge in [0.2, 0.25) is 0 Å². The minimum Gasteiger partial charge on any atom is -0.462 e. The Morgan fingerprint density at radius 1 is 1.29 bits per heavy atom. The first-order chi connectivity index (χ1) is 13.4. The molecule has 0 saturated carbocycles. The van der Waals surface area contributed by atoms with E-state index in [1.807, 2.05) is 32.0 Å². The Hall–Kier alpha value is -2.64. The predicted molar refractivity (Wildman–Crippen MR) is 107 cm³/mol. The van der Waals surface area contributed by atoms with Crippen LogP contribution in [0.2, 0.25) is 0 Å². The topological polar surface area (TPSA) is 77.8 Å². The van der Waals surface area contributed by atoms with Crippen molar-refractivity contribution >= 4 is 39.2 Å². The molecule has 0 atom stereocenters. The van der Waals surface area contributed by atoms with Crippen molar-refractivity contribution in [3.05, 3.63) is 52.1 Å². The molecule has 2 aromatic heterocycles. The van der Waals surface area contributed by atoms with Gasteiger partial charge in [0, 0.05) is 22.2 Å². The number of esters is 1. The summed E-state index contributed by atoms with van der Waals surface area (Å²) in [5, 5.41) is 4.16. The second kappa shape index (κ2) is 7.07. The predicted octanol–water partition coefficient (Wildman–Crippen LogP) is 4.77. The van der Waals surface area contributed by atoms with Gasteiger partial charge in [-0.3, -0.25) is 4.79 Å². The Kier molecular flexibility index (Phi) is 4.72. The maximum atomic E-state index is 12.8. The number of hydrogen-bond donors (Lipinski definition) is 1. The molecule has 1 aliphatic heterocycles. The number of amides is 1. The highest BCUT2D eigenvalue weighted by atomic mass is 32.1. The van der Waals surface area contributed by atoms with Crippen LogP contribution in [0.4, 0.5) is 5.00 Å². The van der Waals surface area contributed by atoms with Crippen LogP contribution >= 0.6 is 11.3 Å². The van der Waals surface area contributed by atoms with Gasteiger partial charge in [0.15, 0.2) is 5.76 Å². The molecular formula is C21H21NO5S. The molecule has 3 aromatic rings. The first-order valence-corrected chi connectivity index (χ1v) is 9.95. The highest BCUT2D eigenvalue weighted by molar-refractivity contribution is 7.17. The number of nitrogens with one attached hydrogen (secondary N) is 1. The summed E-state index contributed by atoms with van der Waals surface area (Å²) in [4.78, 5) is 26.4. The van der Waals surface area contributed by atoms with Gasteiger partial charge in [0.05, 0.1) is 18.8 Å². The molecule has 7 heteroatoms. The fourth-order valence-electron chi connectivity index (χ4n) is 3.28. The summed E-state index contributed by atoms with van der Waals surface area (Å²) >= 11 is 1.39. The van der Waals surface area contributed by atoms with E-state index >= 15 is 0 Å². The molecule has 0 fully saturated rings. The van der Waals surface area contributed by atoms with Crippen LogP contribution in [0.1, 0.15) is 52.1 Å². The summed E-state index contributed by atoms with van der Waals surface area (Å²) < 4.78 is 16.7. The molecule has 0 spiro atoms. The van der Waals surface area contributed by atoms with Crippen LogP contribution in [-0.4, -0.2) is 24.1 Å². The fourth-order valence-corrected chi connectivity index (χ4v) is 4.68. The Labute approximate surface area is 166 Å². The fraction of sp³-hybridized carbons (Fsp3) is 0.333. The monoisotopic (exact) mass is 399 g/mol.